The Bertz CT molecular complexity index is 868. The largest absolute Gasteiger partial charge is 0.495 e. The van der Waals surface area contributed by atoms with Gasteiger partial charge in [-0.1, -0.05) is 23.7 Å². The molecule has 1 fully saturated rings. The van der Waals surface area contributed by atoms with Gasteiger partial charge in [0.05, 0.1) is 24.6 Å². The Kier molecular flexibility index (Phi) is 5.71. The number of amides is 2. The number of nitrogens with one attached hydrogen (secondary N) is 1. The Balaban J connectivity index is 1.68. The molecule has 142 valence electrons. The molecule has 0 aliphatic heterocycles. The normalized spacial score (nSPS) is 17.9. The summed E-state index contributed by atoms with van der Waals surface area (Å²) in [7, 11) is 1.53. The third-order valence-corrected chi connectivity index (χ3v) is 4.99. The minimum atomic E-state index is -0.333. The molecule has 2 aromatic carbocycles. The Morgan fingerprint density at radius 2 is 2.00 bits per heavy atom. The van der Waals surface area contributed by atoms with E-state index in [-0.39, 0.29) is 23.7 Å². The summed E-state index contributed by atoms with van der Waals surface area (Å²) in [6, 6.07) is 12.9. The zero-order valence-corrected chi connectivity index (χ0v) is 16.4. The van der Waals surface area contributed by atoms with E-state index in [1.165, 1.54) is 7.11 Å². The summed E-state index contributed by atoms with van der Waals surface area (Å²) in [4.78, 5) is 27.2. The molecule has 1 saturated carbocycles. The molecule has 1 aliphatic rings. The molecule has 6 heteroatoms. The van der Waals surface area contributed by atoms with Crippen LogP contribution in [0.4, 0.5) is 11.4 Å². The van der Waals surface area contributed by atoms with E-state index >= 15 is 0 Å². The fraction of sp³-hybridized carbons (Fsp3) is 0.333. The van der Waals surface area contributed by atoms with Crippen LogP contribution in [0.25, 0.3) is 0 Å². The number of carbonyl (C=O) groups excluding carboxylic acids is 2. The van der Waals surface area contributed by atoms with Gasteiger partial charge in [-0.3, -0.25) is 9.59 Å². The highest BCUT2D eigenvalue weighted by molar-refractivity contribution is 6.31. The van der Waals surface area contributed by atoms with E-state index in [4.69, 9.17) is 16.3 Å². The van der Waals surface area contributed by atoms with Gasteiger partial charge in [0.15, 0.2) is 0 Å². The van der Waals surface area contributed by atoms with Gasteiger partial charge in [0, 0.05) is 17.3 Å². The van der Waals surface area contributed by atoms with E-state index in [1.54, 1.807) is 23.1 Å². The van der Waals surface area contributed by atoms with Gasteiger partial charge in [-0.2, -0.15) is 0 Å². The molecule has 5 nitrogen and oxygen atoms in total. The summed E-state index contributed by atoms with van der Waals surface area (Å²) in [5.41, 5.74) is 2.47. The summed E-state index contributed by atoms with van der Waals surface area (Å²) in [5.74, 6) is -0.294. The standard InChI is InChI=1S/C21H23ClN2O3/c1-4-24(15-7-5-6-13(2)10-15)21(26)17-12-16(17)20(25)23-18-11-14(22)8-9-19(18)27-3/h5-11,16-17H,4,12H2,1-3H3,(H,23,25). The first-order chi connectivity index (χ1) is 12.9. The monoisotopic (exact) mass is 386 g/mol. The SMILES string of the molecule is CCN(C(=O)C1CC1C(=O)Nc1cc(Cl)ccc1OC)c1cccc(C)c1. The maximum atomic E-state index is 12.9. The van der Waals surface area contributed by atoms with Crippen molar-refractivity contribution in [3.63, 3.8) is 0 Å². The van der Waals surface area contributed by atoms with Gasteiger partial charge in [0.25, 0.3) is 0 Å². The molecule has 0 heterocycles. The highest BCUT2D eigenvalue weighted by atomic mass is 35.5. The maximum absolute atomic E-state index is 12.9. The summed E-state index contributed by atoms with van der Waals surface area (Å²) < 4.78 is 5.25. The lowest BCUT2D eigenvalue weighted by atomic mass is 10.2. The van der Waals surface area contributed by atoms with E-state index in [0.29, 0.717) is 29.4 Å². The number of benzene rings is 2. The van der Waals surface area contributed by atoms with Crippen molar-refractivity contribution in [3.8, 4) is 5.75 Å². The predicted molar refractivity (Wildman–Crippen MR) is 107 cm³/mol. The van der Waals surface area contributed by atoms with Crippen LogP contribution in [-0.4, -0.2) is 25.5 Å². The molecule has 2 aromatic rings. The van der Waals surface area contributed by atoms with Crippen LogP contribution in [0, 0.1) is 18.8 Å². The van der Waals surface area contributed by atoms with Crippen LogP contribution in [0.15, 0.2) is 42.5 Å². The highest BCUT2D eigenvalue weighted by Crippen LogP contribution is 2.42. The van der Waals surface area contributed by atoms with E-state index < -0.39 is 0 Å². The number of anilines is 2. The van der Waals surface area contributed by atoms with Crippen LogP contribution >= 0.6 is 11.6 Å². The van der Waals surface area contributed by atoms with Crippen LogP contribution < -0.4 is 15.0 Å². The average molecular weight is 387 g/mol. The lowest BCUT2D eigenvalue weighted by Crippen LogP contribution is -2.33. The molecule has 0 radical (unpaired) electrons. The molecule has 1 N–H and O–H groups in total. The van der Waals surface area contributed by atoms with Crippen molar-refractivity contribution in [3.05, 3.63) is 53.1 Å². The predicted octanol–water partition coefficient (Wildman–Crippen LogP) is 4.28. The van der Waals surface area contributed by atoms with Gasteiger partial charge in [-0.15, -0.1) is 0 Å². The zero-order valence-electron chi connectivity index (χ0n) is 15.7. The first kappa shape index (κ1) is 19.2. The van der Waals surface area contributed by atoms with Crippen molar-refractivity contribution in [2.24, 2.45) is 11.8 Å². The van der Waals surface area contributed by atoms with Crippen molar-refractivity contribution in [2.75, 3.05) is 23.9 Å². The van der Waals surface area contributed by atoms with Gasteiger partial charge >= 0.3 is 0 Å². The second kappa shape index (κ2) is 8.01. The Morgan fingerprint density at radius 3 is 2.67 bits per heavy atom. The van der Waals surface area contributed by atoms with E-state index in [1.807, 2.05) is 38.1 Å². The van der Waals surface area contributed by atoms with Gasteiger partial charge in [0.2, 0.25) is 11.8 Å². The second-order valence-electron chi connectivity index (χ2n) is 6.70. The summed E-state index contributed by atoms with van der Waals surface area (Å²) >= 11 is 6.00. The number of ether oxygens (including phenoxy) is 1. The quantitative estimate of drug-likeness (QED) is 0.805. The molecule has 0 spiro atoms. The smallest absolute Gasteiger partial charge is 0.230 e. The number of hydrogen-bond donors (Lipinski definition) is 1. The molecule has 2 atom stereocenters. The van der Waals surface area contributed by atoms with E-state index in [0.717, 1.165) is 11.3 Å². The molecule has 1 aliphatic carbocycles. The van der Waals surface area contributed by atoms with Gasteiger partial charge in [0.1, 0.15) is 5.75 Å². The molecule has 27 heavy (non-hydrogen) atoms. The molecule has 2 unspecified atom stereocenters. The lowest BCUT2D eigenvalue weighted by molar-refractivity contribution is -0.123. The number of methoxy groups -OCH3 is 1. The number of nitrogens with zero attached hydrogens (tertiary/aromatic N) is 1. The number of carbonyl (C=O) groups is 2. The van der Waals surface area contributed by atoms with Crippen LogP contribution in [0.1, 0.15) is 18.9 Å². The van der Waals surface area contributed by atoms with E-state index in [9.17, 15) is 9.59 Å². The topological polar surface area (TPSA) is 58.6 Å². The summed E-state index contributed by atoms with van der Waals surface area (Å²) in [5, 5.41) is 3.34. The van der Waals surface area contributed by atoms with Crippen LogP contribution in [0.2, 0.25) is 5.02 Å². The van der Waals surface area contributed by atoms with Crippen molar-refractivity contribution in [1.82, 2.24) is 0 Å². The summed E-state index contributed by atoms with van der Waals surface area (Å²) in [6.07, 6.45) is 0.551. The fourth-order valence-corrected chi connectivity index (χ4v) is 3.39. The van der Waals surface area contributed by atoms with Crippen LogP contribution in [-0.2, 0) is 9.59 Å². The Labute approximate surface area is 164 Å². The number of aryl methyl sites for hydroxylation is 1. The first-order valence-corrected chi connectivity index (χ1v) is 9.34. The molecule has 0 saturated heterocycles. The lowest BCUT2D eigenvalue weighted by Gasteiger charge is -2.21. The molecule has 3 rings (SSSR count). The maximum Gasteiger partial charge on any atom is 0.230 e. The van der Waals surface area contributed by atoms with Crippen molar-refractivity contribution < 1.29 is 14.3 Å². The fourth-order valence-electron chi connectivity index (χ4n) is 3.22. The number of rotatable bonds is 6. The van der Waals surface area contributed by atoms with E-state index in [2.05, 4.69) is 5.32 Å². The van der Waals surface area contributed by atoms with Gasteiger partial charge in [-0.05, 0) is 56.2 Å². The molecule has 0 aromatic heterocycles. The minimum Gasteiger partial charge on any atom is -0.495 e. The minimum absolute atomic E-state index is 0.0127. The zero-order chi connectivity index (χ0) is 19.6. The third kappa shape index (κ3) is 4.25. The van der Waals surface area contributed by atoms with Crippen LogP contribution in [0.3, 0.4) is 0 Å². The Morgan fingerprint density at radius 1 is 1.22 bits per heavy atom. The van der Waals surface area contributed by atoms with Crippen molar-refractivity contribution in [1.29, 1.82) is 0 Å². The number of hydrogen-bond acceptors (Lipinski definition) is 3. The first-order valence-electron chi connectivity index (χ1n) is 8.97. The summed E-state index contributed by atoms with van der Waals surface area (Å²) in [6.45, 7) is 4.50. The molecular formula is C21H23ClN2O3. The molecule has 2 amide bonds. The molecular weight excluding hydrogens is 364 g/mol. The van der Waals surface area contributed by atoms with Crippen molar-refractivity contribution in [2.45, 2.75) is 20.3 Å². The van der Waals surface area contributed by atoms with Gasteiger partial charge in [-0.25, -0.2) is 0 Å². The molecule has 0 bridgehead atoms. The van der Waals surface area contributed by atoms with Gasteiger partial charge < -0.3 is 15.0 Å². The Hall–Kier alpha value is -2.53. The average Bonchev–Trinajstić information content (AvgIpc) is 3.43. The van der Waals surface area contributed by atoms with Crippen molar-refractivity contribution >= 4 is 34.8 Å². The second-order valence-corrected chi connectivity index (χ2v) is 7.14. The number of halogens is 1. The van der Waals surface area contributed by atoms with Crippen LogP contribution in [0.5, 0.6) is 5.75 Å². The third-order valence-electron chi connectivity index (χ3n) is 4.76. The highest BCUT2D eigenvalue weighted by Gasteiger charge is 2.49.